The number of carbonyl (C=O) groups is 1. The van der Waals surface area contributed by atoms with Gasteiger partial charge in [-0.3, -0.25) is 0 Å². The molecule has 1 aromatic heterocycles. The Kier molecular flexibility index (Phi) is 5.29. The maximum absolute atomic E-state index is 11.4. The van der Waals surface area contributed by atoms with Crippen LogP contribution in [0.15, 0.2) is 18.3 Å². The molecule has 0 bridgehead atoms. The van der Waals surface area contributed by atoms with E-state index >= 15 is 0 Å². The molecule has 106 valence electrons. The van der Waals surface area contributed by atoms with Crippen molar-refractivity contribution in [2.75, 3.05) is 23.9 Å². The van der Waals surface area contributed by atoms with Gasteiger partial charge in [-0.2, -0.15) is 0 Å². The quantitative estimate of drug-likeness (QED) is 0.788. The van der Waals surface area contributed by atoms with E-state index in [1.165, 1.54) is 12.5 Å². The largest absolute Gasteiger partial charge is 0.462 e. The van der Waals surface area contributed by atoms with Crippen molar-refractivity contribution in [1.29, 1.82) is 0 Å². The SMILES string of the molecule is CCOC(=O)c1ccc(NC(C)CS(C)(=O)=O)nc1. The third-order valence-electron chi connectivity index (χ3n) is 2.22. The molecule has 1 unspecified atom stereocenters. The zero-order valence-corrected chi connectivity index (χ0v) is 12.0. The van der Waals surface area contributed by atoms with Crippen LogP contribution in [-0.2, 0) is 14.6 Å². The molecule has 6 nitrogen and oxygen atoms in total. The van der Waals surface area contributed by atoms with E-state index in [-0.39, 0.29) is 11.8 Å². The number of hydrogen-bond donors (Lipinski definition) is 1. The lowest BCUT2D eigenvalue weighted by Crippen LogP contribution is -2.25. The van der Waals surface area contributed by atoms with Gasteiger partial charge in [-0.1, -0.05) is 0 Å². The molecule has 0 aliphatic rings. The molecule has 1 rings (SSSR count). The fraction of sp³-hybridized carbons (Fsp3) is 0.500. The second-order valence-corrected chi connectivity index (χ2v) is 6.48. The van der Waals surface area contributed by atoms with E-state index in [1.807, 2.05) is 0 Å². The van der Waals surface area contributed by atoms with Gasteiger partial charge < -0.3 is 10.1 Å². The lowest BCUT2D eigenvalue weighted by atomic mass is 10.3. The highest BCUT2D eigenvalue weighted by Crippen LogP contribution is 2.08. The number of sulfone groups is 1. The number of esters is 1. The van der Waals surface area contributed by atoms with Crippen molar-refractivity contribution in [3.63, 3.8) is 0 Å². The Morgan fingerprint density at radius 3 is 2.63 bits per heavy atom. The first-order chi connectivity index (χ1) is 8.81. The predicted octanol–water partition coefficient (Wildman–Crippen LogP) is 1.10. The molecule has 1 atom stereocenters. The minimum atomic E-state index is -3.04. The Morgan fingerprint density at radius 1 is 1.47 bits per heavy atom. The third kappa shape index (κ3) is 5.69. The molecule has 0 spiro atoms. The monoisotopic (exact) mass is 286 g/mol. The lowest BCUT2D eigenvalue weighted by molar-refractivity contribution is 0.0526. The van der Waals surface area contributed by atoms with Gasteiger partial charge in [-0.25, -0.2) is 18.2 Å². The molecule has 0 fully saturated rings. The van der Waals surface area contributed by atoms with Crippen molar-refractivity contribution in [2.45, 2.75) is 19.9 Å². The van der Waals surface area contributed by atoms with Gasteiger partial charge in [-0.05, 0) is 26.0 Å². The van der Waals surface area contributed by atoms with E-state index in [1.54, 1.807) is 26.0 Å². The number of aromatic nitrogens is 1. The number of anilines is 1. The second kappa shape index (κ2) is 6.51. The van der Waals surface area contributed by atoms with E-state index in [0.717, 1.165) is 0 Å². The van der Waals surface area contributed by atoms with E-state index in [2.05, 4.69) is 10.3 Å². The molecule has 0 aromatic carbocycles. The smallest absolute Gasteiger partial charge is 0.339 e. The molecular formula is C12H18N2O4S. The Bertz CT molecular complexity index is 525. The van der Waals surface area contributed by atoms with E-state index in [0.29, 0.717) is 18.0 Å². The van der Waals surface area contributed by atoms with E-state index < -0.39 is 15.8 Å². The topological polar surface area (TPSA) is 85.4 Å². The number of rotatable bonds is 6. The molecule has 1 N–H and O–H groups in total. The molecule has 0 aliphatic heterocycles. The summed E-state index contributed by atoms with van der Waals surface area (Å²) in [6, 6.07) is 2.95. The minimum absolute atomic E-state index is 0.0221. The van der Waals surface area contributed by atoms with Crippen molar-refractivity contribution < 1.29 is 17.9 Å². The van der Waals surface area contributed by atoms with Crippen LogP contribution in [-0.4, -0.2) is 44.0 Å². The maximum atomic E-state index is 11.4. The second-order valence-electron chi connectivity index (χ2n) is 4.29. The average molecular weight is 286 g/mol. The Hall–Kier alpha value is -1.63. The summed E-state index contributed by atoms with van der Waals surface area (Å²) >= 11 is 0. The summed E-state index contributed by atoms with van der Waals surface area (Å²) in [5.41, 5.74) is 0.364. The van der Waals surface area contributed by atoms with Gasteiger partial charge in [0.1, 0.15) is 15.7 Å². The van der Waals surface area contributed by atoms with Crippen molar-refractivity contribution >= 4 is 21.6 Å². The van der Waals surface area contributed by atoms with E-state index in [9.17, 15) is 13.2 Å². The van der Waals surface area contributed by atoms with Gasteiger partial charge in [0.2, 0.25) is 0 Å². The first kappa shape index (κ1) is 15.4. The molecule has 0 radical (unpaired) electrons. The summed E-state index contributed by atoms with van der Waals surface area (Å²) in [5, 5.41) is 2.95. The number of pyridine rings is 1. The van der Waals surface area contributed by atoms with Crippen LogP contribution in [0.3, 0.4) is 0 Å². The normalized spacial score (nSPS) is 12.8. The highest BCUT2D eigenvalue weighted by molar-refractivity contribution is 7.90. The molecule has 0 saturated carbocycles. The Morgan fingerprint density at radius 2 is 2.16 bits per heavy atom. The number of hydrogen-bond acceptors (Lipinski definition) is 6. The van der Waals surface area contributed by atoms with Gasteiger partial charge >= 0.3 is 5.97 Å². The number of nitrogens with one attached hydrogen (secondary N) is 1. The summed E-state index contributed by atoms with van der Waals surface area (Å²) in [6.45, 7) is 3.79. The molecule has 1 aromatic rings. The molecule has 0 saturated heterocycles. The van der Waals surface area contributed by atoms with Crippen molar-refractivity contribution in [3.8, 4) is 0 Å². The first-order valence-corrected chi connectivity index (χ1v) is 7.95. The van der Waals surface area contributed by atoms with Crippen molar-refractivity contribution in [3.05, 3.63) is 23.9 Å². The van der Waals surface area contributed by atoms with Gasteiger partial charge in [0, 0.05) is 18.5 Å². The van der Waals surface area contributed by atoms with Crippen molar-refractivity contribution in [1.82, 2.24) is 4.98 Å². The van der Waals surface area contributed by atoms with Gasteiger partial charge in [0.15, 0.2) is 0 Å². The highest BCUT2D eigenvalue weighted by Gasteiger charge is 2.11. The first-order valence-electron chi connectivity index (χ1n) is 5.89. The summed E-state index contributed by atoms with van der Waals surface area (Å²) in [4.78, 5) is 15.4. The highest BCUT2D eigenvalue weighted by atomic mass is 32.2. The summed E-state index contributed by atoms with van der Waals surface area (Å²) in [6.07, 6.45) is 2.58. The number of nitrogens with zero attached hydrogens (tertiary/aromatic N) is 1. The summed E-state index contributed by atoms with van der Waals surface area (Å²) < 4.78 is 27.1. The van der Waals surface area contributed by atoms with Crippen LogP contribution < -0.4 is 5.32 Å². The number of carbonyl (C=O) groups excluding carboxylic acids is 1. The van der Waals surface area contributed by atoms with E-state index in [4.69, 9.17) is 4.74 Å². The van der Waals surface area contributed by atoms with Crippen LogP contribution in [0.5, 0.6) is 0 Å². The predicted molar refractivity (Wildman–Crippen MR) is 73.0 cm³/mol. The van der Waals surface area contributed by atoms with Crippen LogP contribution in [0.2, 0.25) is 0 Å². The molecule has 1 heterocycles. The van der Waals surface area contributed by atoms with Crippen LogP contribution in [0.1, 0.15) is 24.2 Å². The summed E-state index contributed by atoms with van der Waals surface area (Å²) in [7, 11) is -3.04. The fourth-order valence-corrected chi connectivity index (χ4v) is 2.55. The number of ether oxygens (including phenoxy) is 1. The zero-order chi connectivity index (χ0) is 14.5. The third-order valence-corrected chi connectivity index (χ3v) is 3.33. The Balaban J connectivity index is 2.64. The lowest BCUT2D eigenvalue weighted by Gasteiger charge is -2.13. The standard InChI is InChI=1S/C12H18N2O4S/c1-4-18-12(15)10-5-6-11(13-7-10)14-9(2)8-19(3,16)17/h5-7,9H,4,8H2,1-3H3,(H,13,14). The Labute approximate surface area is 113 Å². The van der Waals surface area contributed by atoms with Crippen LogP contribution in [0.4, 0.5) is 5.82 Å². The average Bonchev–Trinajstić information content (AvgIpc) is 2.27. The van der Waals surface area contributed by atoms with Crippen LogP contribution >= 0.6 is 0 Å². The molecule has 19 heavy (non-hydrogen) atoms. The minimum Gasteiger partial charge on any atom is -0.462 e. The van der Waals surface area contributed by atoms with Crippen LogP contribution in [0.25, 0.3) is 0 Å². The molecule has 0 aliphatic carbocycles. The molecule has 7 heteroatoms. The van der Waals surface area contributed by atoms with Crippen molar-refractivity contribution in [2.24, 2.45) is 0 Å². The fourth-order valence-electron chi connectivity index (χ4n) is 1.56. The molecular weight excluding hydrogens is 268 g/mol. The zero-order valence-electron chi connectivity index (χ0n) is 11.2. The molecule has 0 amide bonds. The maximum Gasteiger partial charge on any atom is 0.339 e. The van der Waals surface area contributed by atoms with Gasteiger partial charge in [0.05, 0.1) is 17.9 Å². The van der Waals surface area contributed by atoms with Gasteiger partial charge in [0.25, 0.3) is 0 Å². The summed E-state index contributed by atoms with van der Waals surface area (Å²) in [5.74, 6) is 0.115. The van der Waals surface area contributed by atoms with Crippen LogP contribution in [0, 0.1) is 0 Å². The van der Waals surface area contributed by atoms with Gasteiger partial charge in [-0.15, -0.1) is 0 Å².